The minimum absolute atomic E-state index is 0.0232. The van der Waals surface area contributed by atoms with Crippen LogP contribution >= 0.6 is 27.5 Å². The molecule has 0 aliphatic carbocycles. The molecule has 1 aromatic carbocycles. The Hall–Kier alpha value is -0.810. The van der Waals surface area contributed by atoms with Gasteiger partial charge in [-0.1, -0.05) is 11.6 Å². The van der Waals surface area contributed by atoms with Gasteiger partial charge in [0.2, 0.25) is 0 Å². The standard InChI is InChI=1S/C10H9BrClFO3/c1-5(10(14)15-2)16-9-4-8(13)7(12)3-6(9)11/h3-5H,1-2H3. The summed E-state index contributed by atoms with van der Waals surface area (Å²) in [6.45, 7) is 1.50. The maximum atomic E-state index is 13.1. The monoisotopic (exact) mass is 310 g/mol. The average Bonchev–Trinajstić information content (AvgIpc) is 2.24. The smallest absolute Gasteiger partial charge is 0.346 e. The van der Waals surface area contributed by atoms with Gasteiger partial charge < -0.3 is 9.47 Å². The summed E-state index contributed by atoms with van der Waals surface area (Å²) in [6.07, 6.45) is -0.818. The van der Waals surface area contributed by atoms with E-state index in [1.54, 1.807) is 0 Å². The van der Waals surface area contributed by atoms with Crippen LogP contribution < -0.4 is 4.74 Å². The van der Waals surface area contributed by atoms with Crippen LogP contribution in [0.2, 0.25) is 5.02 Å². The van der Waals surface area contributed by atoms with Crippen LogP contribution in [-0.4, -0.2) is 19.2 Å². The number of carbonyl (C=O) groups is 1. The van der Waals surface area contributed by atoms with E-state index in [0.717, 1.165) is 6.07 Å². The zero-order valence-corrected chi connectivity index (χ0v) is 10.9. The summed E-state index contributed by atoms with van der Waals surface area (Å²) in [4.78, 5) is 11.1. The molecule has 6 heteroatoms. The Morgan fingerprint density at radius 2 is 2.19 bits per heavy atom. The van der Waals surface area contributed by atoms with Crippen LogP contribution in [0.3, 0.4) is 0 Å². The Balaban J connectivity index is 2.89. The summed E-state index contributed by atoms with van der Waals surface area (Å²) in [5.41, 5.74) is 0. The zero-order valence-electron chi connectivity index (χ0n) is 8.59. The van der Waals surface area contributed by atoms with Crippen LogP contribution in [0.5, 0.6) is 5.75 Å². The molecule has 0 amide bonds. The summed E-state index contributed by atoms with van der Waals surface area (Å²) < 4.78 is 23.3. The van der Waals surface area contributed by atoms with Crippen LogP contribution in [0.1, 0.15) is 6.92 Å². The van der Waals surface area contributed by atoms with Gasteiger partial charge >= 0.3 is 5.97 Å². The first-order valence-corrected chi connectivity index (χ1v) is 5.51. The lowest BCUT2D eigenvalue weighted by Gasteiger charge is -2.13. The molecule has 0 heterocycles. The molecule has 0 fully saturated rings. The van der Waals surface area contributed by atoms with Gasteiger partial charge in [-0.3, -0.25) is 0 Å². The molecule has 0 N–H and O–H groups in total. The second-order valence-corrected chi connectivity index (χ2v) is 4.24. The largest absolute Gasteiger partial charge is 0.478 e. The van der Waals surface area contributed by atoms with Crippen LogP contribution in [0.4, 0.5) is 4.39 Å². The van der Waals surface area contributed by atoms with Gasteiger partial charge in [0.1, 0.15) is 11.6 Å². The van der Waals surface area contributed by atoms with Gasteiger partial charge in [-0.25, -0.2) is 9.18 Å². The molecule has 1 rings (SSSR count). The number of ether oxygens (including phenoxy) is 2. The molecule has 0 aromatic heterocycles. The summed E-state index contributed by atoms with van der Waals surface area (Å²) in [5, 5.41) is -0.0232. The lowest BCUT2D eigenvalue weighted by Crippen LogP contribution is -2.25. The van der Waals surface area contributed by atoms with E-state index in [2.05, 4.69) is 20.7 Å². The second kappa shape index (κ2) is 5.50. The number of hydrogen-bond acceptors (Lipinski definition) is 3. The molecule has 0 spiro atoms. The fourth-order valence-corrected chi connectivity index (χ4v) is 1.73. The van der Waals surface area contributed by atoms with E-state index in [4.69, 9.17) is 16.3 Å². The molecule has 16 heavy (non-hydrogen) atoms. The van der Waals surface area contributed by atoms with Crippen molar-refractivity contribution in [1.82, 2.24) is 0 Å². The summed E-state index contributed by atoms with van der Waals surface area (Å²) in [5.74, 6) is -0.959. The van der Waals surface area contributed by atoms with E-state index in [-0.39, 0.29) is 10.8 Å². The fourth-order valence-electron chi connectivity index (χ4n) is 0.999. The Morgan fingerprint density at radius 1 is 1.56 bits per heavy atom. The Bertz CT molecular complexity index is 411. The highest BCUT2D eigenvalue weighted by atomic mass is 79.9. The molecule has 1 atom stereocenters. The number of carbonyl (C=O) groups excluding carboxylic acids is 1. The number of hydrogen-bond donors (Lipinski definition) is 0. The molecule has 0 aliphatic heterocycles. The number of rotatable bonds is 3. The molecule has 88 valence electrons. The van der Waals surface area contributed by atoms with Gasteiger partial charge in [-0.2, -0.15) is 0 Å². The van der Waals surface area contributed by atoms with Crippen molar-refractivity contribution in [1.29, 1.82) is 0 Å². The SMILES string of the molecule is COC(=O)C(C)Oc1cc(F)c(Cl)cc1Br. The number of methoxy groups -OCH3 is 1. The maximum absolute atomic E-state index is 13.1. The molecule has 0 saturated heterocycles. The number of esters is 1. The van der Waals surface area contributed by atoms with Crippen molar-refractivity contribution in [2.75, 3.05) is 7.11 Å². The van der Waals surface area contributed by atoms with Crippen LogP contribution in [0.15, 0.2) is 16.6 Å². The van der Waals surface area contributed by atoms with Crippen molar-refractivity contribution >= 4 is 33.5 Å². The summed E-state index contributed by atoms with van der Waals surface area (Å²) in [6, 6.07) is 2.46. The highest BCUT2D eigenvalue weighted by Crippen LogP contribution is 2.31. The second-order valence-electron chi connectivity index (χ2n) is 2.98. The van der Waals surface area contributed by atoms with Crippen LogP contribution in [-0.2, 0) is 9.53 Å². The van der Waals surface area contributed by atoms with Gasteiger partial charge in [0, 0.05) is 6.07 Å². The molecule has 0 saturated carbocycles. The van der Waals surface area contributed by atoms with Crippen LogP contribution in [0.25, 0.3) is 0 Å². The Morgan fingerprint density at radius 3 is 2.75 bits per heavy atom. The molecule has 0 aliphatic rings. The predicted molar refractivity (Wildman–Crippen MR) is 61.2 cm³/mol. The quantitative estimate of drug-likeness (QED) is 0.635. The molecule has 1 aromatic rings. The van der Waals surface area contributed by atoms with Gasteiger partial charge in [-0.05, 0) is 28.9 Å². The first kappa shape index (κ1) is 13.3. The molecule has 0 bridgehead atoms. The van der Waals surface area contributed by atoms with E-state index >= 15 is 0 Å². The van der Waals surface area contributed by atoms with Crippen molar-refractivity contribution in [3.05, 3.63) is 27.4 Å². The molecule has 0 radical (unpaired) electrons. The van der Waals surface area contributed by atoms with E-state index < -0.39 is 17.9 Å². The van der Waals surface area contributed by atoms with Crippen molar-refractivity contribution in [3.63, 3.8) is 0 Å². The van der Waals surface area contributed by atoms with E-state index in [0.29, 0.717) is 4.47 Å². The number of benzene rings is 1. The third-order valence-electron chi connectivity index (χ3n) is 1.81. The molecular weight excluding hydrogens is 302 g/mol. The summed E-state index contributed by atoms with van der Waals surface area (Å²) in [7, 11) is 1.25. The van der Waals surface area contributed by atoms with Gasteiger partial charge in [0.05, 0.1) is 16.6 Å². The third-order valence-corrected chi connectivity index (χ3v) is 2.72. The number of halogens is 3. The lowest BCUT2D eigenvalue weighted by atomic mass is 10.3. The first-order chi connectivity index (χ1) is 7.45. The predicted octanol–water partition coefficient (Wildman–Crippen LogP) is 3.18. The highest BCUT2D eigenvalue weighted by molar-refractivity contribution is 9.10. The van der Waals surface area contributed by atoms with Gasteiger partial charge in [0.15, 0.2) is 6.10 Å². The van der Waals surface area contributed by atoms with E-state index in [1.165, 1.54) is 20.1 Å². The van der Waals surface area contributed by atoms with Gasteiger partial charge in [-0.15, -0.1) is 0 Å². The minimum Gasteiger partial charge on any atom is -0.478 e. The van der Waals surface area contributed by atoms with Crippen LogP contribution in [0, 0.1) is 5.82 Å². The maximum Gasteiger partial charge on any atom is 0.346 e. The van der Waals surface area contributed by atoms with Crippen molar-refractivity contribution in [2.45, 2.75) is 13.0 Å². The Kier molecular flexibility index (Phi) is 4.56. The van der Waals surface area contributed by atoms with Crippen molar-refractivity contribution in [3.8, 4) is 5.75 Å². The van der Waals surface area contributed by atoms with E-state index in [9.17, 15) is 9.18 Å². The lowest BCUT2D eigenvalue weighted by molar-refractivity contribution is -0.147. The molecule has 1 unspecified atom stereocenters. The topological polar surface area (TPSA) is 35.5 Å². The van der Waals surface area contributed by atoms with Crippen molar-refractivity contribution in [2.24, 2.45) is 0 Å². The third kappa shape index (κ3) is 3.09. The average molecular weight is 312 g/mol. The fraction of sp³-hybridized carbons (Fsp3) is 0.300. The van der Waals surface area contributed by atoms with E-state index in [1.807, 2.05) is 0 Å². The highest BCUT2D eigenvalue weighted by Gasteiger charge is 2.17. The molecule has 3 nitrogen and oxygen atoms in total. The zero-order chi connectivity index (χ0) is 12.3. The molecular formula is C10H9BrClFO3. The minimum atomic E-state index is -0.818. The summed E-state index contributed by atoms with van der Waals surface area (Å²) >= 11 is 8.71. The normalized spacial score (nSPS) is 12.1. The Labute approximate surface area is 106 Å². The van der Waals surface area contributed by atoms with Gasteiger partial charge in [0.25, 0.3) is 0 Å². The van der Waals surface area contributed by atoms with Crippen molar-refractivity contribution < 1.29 is 18.7 Å². The first-order valence-electron chi connectivity index (χ1n) is 4.34.